The third-order valence-electron chi connectivity index (χ3n) is 4.65. The summed E-state index contributed by atoms with van der Waals surface area (Å²) in [6.45, 7) is 0.331. The van der Waals surface area contributed by atoms with Crippen molar-refractivity contribution in [1.29, 1.82) is 0 Å². The van der Waals surface area contributed by atoms with E-state index in [4.69, 9.17) is 4.74 Å². The van der Waals surface area contributed by atoms with Gasteiger partial charge in [0.05, 0.1) is 24.5 Å². The van der Waals surface area contributed by atoms with Gasteiger partial charge in [0, 0.05) is 27.9 Å². The summed E-state index contributed by atoms with van der Waals surface area (Å²) in [6, 6.07) is 14.8. The molecular weight excluding hydrogens is 390 g/mol. The van der Waals surface area contributed by atoms with Crippen LogP contribution >= 0.6 is 11.8 Å². The van der Waals surface area contributed by atoms with Crippen LogP contribution in [0.3, 0.4) is 0 Å². The number of rotatable bonds is 6. The number of methoxy groups -OCH3 is 1. The Balaban J connectivity index is 1.46. The van der Waals surface area contributed by atoms with Crippen molar-refractivity contribution < 1.29 is 19.1 Å². The highest BCUT2D eigenvalue weighted by Crippen LogP contribution is 2.31. The van der Waals surface area contributed by atoms with Crippen molar-refractivity contribution >= 4 is 40.4 Å². The van der Waals surface area contributed by atoms with Crippen LogP contribution < -0.4 is 15.4 Å². The molecule has 1 saturated heterocycles. The molecule has 8 heteroatoms. The Morgan fingerprint density at radius 1 is 1.21 bits per heavy atom. The molecule has 148 valence electrons. The van der Waals surface area contributed by atoms with Gasteiger partial charge in [-0.3, -0.25) is 19.7 Å². The van der Waals surface area contributed by atoms with Gasteiger partial charge in [-0.2, -0.15) is 0 Å². The summed E-state index contributed by atoms with van der Waals surface area (Å²) in [5, 5.41) is 5.69. The minimum atomic E-state index is -0.514. The predicted molar refractivity (Wildman–Crippen MR) is 110 cm³/mol. The summed E-state index contributed by atoms with van der Waals surface area (Å²) < 4.78 is 5.23. The number of aromatic nitrogens is 1. The zero-order valence-corrected chi connectivity index (χ0v) is 16.5. The topological polar surface area (TPSA) is 100 Å². The molecule has 3 N–H and O–H groups in total. The number of amides is 3. The van der Waals surface area contributed by atoms with Gasteiger partial charge in [-0.1, -0.05) is 12.1 Å². The maximum atomic E-state index is 12.7. The Hall–Kier alpha value is -3.26. The number of ether oxygens (including phenoxy) is 1. The normalized spacial score (nSPS) is 16.1. The SMILES string of the molecule is COc1ccc2[nH]c(CNC(=O)c3ccccc3SC3CC(=O)NC3=O)cc2c1. The fraction of sp³-hybridized carbons (Fsp3) is 0.190. The Kier molecular flexibility index (Phi) is 5.26. The van der Waals surface area contributed by atoms with Gasteiger partial charge < -0.3 is 15.0 Å². The summed E-state index contributed by atoms with van der Waals surface area (Å²) in [5.74, 6) is -0.0740. The number of aromatic amines is 1. The second kappa shape index (κ2) is 8.00. The first kappa shape index (κ1) is 19.1. The number of hydrogen-bond acceptors (Lipinski definition) is 5. The van der Waals surface area contributed by atoms with E-state index in [1.807, 2.05) is 24.3 Å². The standard InChI is InChI=1S/C21H19N3O4S/c1-28-14-6-7-16-12(9-14)8-13(23-16)11-22-20(26)15-4-2-3-5-17(15)29-18-10-19(25)24-21(18)27/h2-9,18,23H,10-11H2,1H3,(H,22,26)(H,24,25,27). The highest BCUT2D eigenvalue weighted by Gasteiger charge is 2.32. The van der Waals surface area contributed by atoms with E-state index in [1.165, 1.54) is 11.8 Å². The first-order chi connectivity index (χ1) is 14.0. The van der Waals surface area contributed by atoms with E-state index in [0.29, 0.717) is 17.0 Å². The molecule has 1 atom stereocenters. The van der Waals surface area contributed by atoms with Crippen molar-refractivity contribution in [1.82, 2.24) is 15.6 Å². The van der Waals surface area contributed by atoms with E-state index in [1.54, 1.807) is 31.4 Å². The van der Waals surface area contributed by atoms with Gasteiger partial charge in [0.25, 0.3) is 5.91 Å². The van der Waals surface area contributed by atoms with Crippen LogP contribution in [0, 0.1) is 0 Å². The van der Waals surface area contributed by atoms with Gasteiger partial charge in [-0.15, -0.1) is 11.8 Å². The third kappa shape index (κ3) is 4.12. The average molecular weight is 409 g/mol. The average Bonchev–Trinajstić information content (AvgIpc) is 3.27. The van der Waals surface area contributed by atoms with E-state index >= 15 is 0 Å². The lowest BCUT2D eigenvalue weighted by atomic mass is 10.2. The highest BCUT2D eigenvalue weighted by atomic mass is 32.2. The Bertz CT molecular complexity index is 1110. The van der Waals surface area contributed by atoms with Gasteiger partial charge in [0.1, 0.15) is 5.75 Å². The molecule has 0 radical (unpaired) electrons. The van der Waals surface area contributed by atoms with Crippen molar-refractivity contribution in [3.05, 3.63) is 59.8 Å². The largest absolute Gasteiger partial charge is 0.497 e. The summed E-state index contributed by atoms with van der Waals surface area (Å²) in [5.41, 5.74) is 2.30. The maximum absolute atomic E-state index is 12.7. The molecule has 1 aliphatic heterocycles. The number of hydrogen-bond donors (Lipinski definition) is 3. The summed E-state index contributed by atoms with van der Waals surface area (Å²) in [4.78, 5) is 39.9. The highest BCUT2D eigenvalue weighted by molar-refractivity contribution is 8.00. The number of H-pyrrole nitrogens is 1. The lowest BCUT2D eigenvalue weighted by Crippen LogP contribution is -2.25. The molecule has 7 nitrogen and oxygen atoms in total. The number of carbonyl (C=O) groups is 3. The lowest BCUT2D eigenvalue weighted by molar-refractivity contribution is -0.124. The zero-order chi connectivity index (χ0) is 20.4. The van der Waals surface area contributed by atoms with E-state index < -0.39 is 5.25 Å². The monoisotopic (exact) mass is 409 g/mol. The molecule has 3 amide bonds. The molecule has 0 saturated carbocycles. The number of imide groups is 1. The molecule has 1 aliphatic rings. The van der Waals surface area contributed by atoms with Crippen LogP contribution in [0.2, 0.25) is 0 Å². The number of benzene rings is 2. The molecule has 4 rings (SSSR count). The molecule has 0 bridgehead atoms. The molecule has 3 aromatic rings. The second-order valence-electron chi connectivity index (χ2n) is 6.65. The van der Waals surface area contributed by atoms with Crippen molar-refractivity contribution in [3.63, 3.8) is 0 Å². The quantitative estimate of drug-likeness (QED) is 0.544. The summed E-state index contributed by atoms with van der Waals surface area (Å²) in [6.07, 6.45) is 0.123. The van der Waals surface area contributed by atoms with Gasteiger partial charge >= 0.3 is 0 Å². The molecule has 1 unspecified atom stereocenters. The fourth-order valence-corrected chi connectivity index (χ4v) is 4.35. The van der Waals surface area contributed by atoms with E-state index in [0.717, 1.165) is 22.3 Å². The predicted octanol–water partition coefficient (Wildman–Crippen LogP) is 2.61. The van der Waals surface area contributed by atoms with Gasteiger partial charge in [-0.05, 0) is 36.4 Å². The lowest BCUT2D eigenvalue weighted by Gasteiger charge is -2.11. The van der Waals surface area contributed by atoms with Crippen molar-refractivity contribution in [2.75, 3.05) is 7.11 Å². The van der Waals surface area contributed by atoms with Crippen LogP contribution in [0.15, 0.2) is 53.4 Å². The first-order valence-electron chi connectivity index (χ1n) is 9.06. The van der Waals surface area contributed by atoms with Gasteiger partial charge in [0.2, 0.25) is 11.8 Å². The number of fused-ring (bicyclic) bond motifs is 1. The van der Waals surface area contributed by atoms with Crippen molar-refractivity contribution in [2.45, 2.75) is 23.1 Å². The number of carbonyl (C=O) groups excluding carboxylic acids is 3. The first-order valence-corrected chi connectivity index (χ1v) is 9.94. The molecule has 0 spiro atoms. The van der Waals surface area contributed by atoms with Crippen LogP contribution in [0.5, 0.6) is 5.75 Å². The molecular formula is C21H19N3O4S. The van der Waals surface area contributed by atoms with Crippen LogP contribution in [-0.4, -0.2) is 35.1 Å². The van der Waals surface area contributed by atoms with E-state index in [-0.39, 0.29) is 24.1 Å². The Morgan fingerprint density at radius 2 is 2.03 bits per heavy atom. The minimum Gasteiger partial charge on any atom is -0.497 e. The smallest absolute Gasteiger partial charge is 0.252 e. The Morgan fingerprint density at radius 3 is 2.79 bits per heavy atom. The van der Waals surface area contributed by atoms with Crippen LogP contribution in [0.25, 0.3) is 10.9 Å². The van der Waals surface area contributed by atoms with Crippen LogP contribution in [0.1, 0.15) is 22.5 Å². The summed E-state index contributed by atoms with van der Waals surface area (Å²) in [7, 11) is 1.62. The van der Waals surface area contributed by atoms with Crippen LogP contribution in [-0.2, 0) is 16.1 Å². The molecule has 2 aromatic carbocycles. The zero-order valence-electron chi connectivity index (χ0n) is 15.7. The number of thioether (sulfide) groups is 1. The van der Waals surface area contributed by atoms with Crippen molar-refractivity contribution in [3.8, 4) is 5.75 Å². The summed E-state index contributed by atoms with van der Waals surface area (Å²) >= 11 is 1.23. The van der Waals surface area contributed by atoms with E-state index in [2.05, 4.69) is 15.6 Å². The van der Waals surface area contributed by atoms with Crippen LogP contribution in [0.4, 0.5) is 0 Å². The number of nitrogens with one attached hydrogen (secondary N) is 3. The molecule has 1 aromatic heterocycles. The molecule has 1 fully saturated rings. The van der Waals surface area contributed by atoms with E-state index in [9.17, 15) is 14.4 Å². The van der Waals surface area contributed by atoms with Crippen molar-refractivity contribution in [2.24, 2.45) is 0 Å². The maximum Gasteiger partial charge on any atom is 0.252 e. The van der Waals surface area contributed by atoms with Gasteiger partial charge in [-0.25, -0.2) is 0 Å². The van der Waals surface area contributed by atoms with Gasteiger partial charge in [0.15, 0.2) is 0 Å². The molecule has 29 heavy (non-hydrogen) atoms. The fourth-order valence-electron chi connectivity index (χ4n) is 3.20. The molecule has 2 heterocycles. The Labute approximate surface area is 171 Å². The minimum absolute atomic E-state index is 0.123. The third-order valence-corrected chi connectivity index (χ3v) is 5.93. The second-order valence-corrected chi connectivity index (χ2v) is 7.89. The molecule has 0 aliphatic carbocycles.